The number of rotatable bonds is 10. The van der Waals surface area contributed by atoms with Crippen molar-refractivity contribution in [1.29, 1.82) is 0 Å². The van der Waals surface area contributed by atoms with Gasteiger partial charge in [-0.05, 0) is 25.8 Å². The van der Waals surface area contributed by atoms with Crippen molar-refractivity contribution in [2.24, 2.45) is 5.10 Å². The van der Waals surface area contributed by atoms with E-state index in [1.165, 1.54) is 37.7 Å². The number of aryl methyl sites for hydroxylation is 1. The Morgan fingerprint density at radius 3 is 2.23 bits per heavy atom. The van der Waals surface area contributed by atoms with Crippen LogP contribution in [0.5, 0.6) is 0 Å². The number of nitrogens with one attached hydrogen (secondary N) is 1. The first-order valence-electron chi connectivity index (χ1n) is 8.53. The fourth-order valence-electron chi connectivity index (χ4n) is 2.30. The summed E-state index contributed by atoms with van der Waals surface area (Å²) in [6, 6.07) is 8.15. The lowest BCUT2D eigenvalue weighted by Gasteiger charge is -2.04. The Kier molecular flexibility index (Phi) is 9.20. The Labute approximate surface area is 135 Å². The first-order chi connectivity index (χ1) is 10.6. The molecule has 0 radical (unpaired) electrons. The van der Waals surface area contributed by atoms with E-state index in [0.29, 0.717) is 6.42 Å². The largest absolute Gasteiger partial charge is 0.273 e. The van der Waals surface area contributed by atoms with E-state index in [1.54, 1.807) is 0 Å². The summed E-state index contributed by atoms with van der Waals surface area (Å²) in [5, 5.41) is 4.18. The molecule has 3 heteroatoms. The van der Waals surface area contributed by atoms with Gasteiger partial charge < -0.3 is 0 Å². The standard InChI is InChI=1S/C19H30N2O/c1-4-5-6-7-8-9-10-11-19(22)21-20-17(3)18-14-12-16(2)13-15-18/h12-15H,4-11H2,1-3H3,(H,21,22)/b20-17+. The quantitative estimate of drug-likeness (QED) is 0.370. The highest BCUT2D eigenvalue weighted by atomic mass is 16.2. The number of nitrogens with zero attached hydrogens (tertiary/aromatic N) is 1. The average molecular weight is 302 g/mol. The second kappa shape index (κ2) is 11.0. The van der Waals surface area contributed by atoms with Gasteiger partial charge in [-0.25, -0.2) is 5.43 Å². The van der Waals surface area contributed by atoms with Gasteiger partial charge in [0, 0.05) is 6.42 Å². The van der Waals surface area contributed by atoms with Crippen LogP contribution in [0.2, 0.25) is 0 Å². The van der Waals surface area contributed by atoms with Crippen molar-refractivity contribution in [2.75, 3.05) is 0 Å². The molecule has 0 atom stereocenters. The maximum atomic E-state index is 11.7. The molecule has 0 spiro atoms. The zero-order chi connectivity index (χ0) is 16.2. The molecule has 1 aromatic rings. The number of carbonyl (C=O) groups excluding carboxylic acids is 1. The third-order valence-electron chi connectivity index (χ3n) is 3.83. The summed E-state index contributed by atoms with van der Waals surface area (Å²) < 4.78 is 0. The van der Waals surface area contributed by atoms with Crippen LogP contribution in [0.25, 0.3) is 0 Å². The lowest BCUT2D eigenvalue weighted by molar-refractivity contribution is -0.121. The molecule has 0 saturated heterocycles. The number of hydrazone groups is 1. The van der Waals surface area contributed by atoms with E-state index in [4.69, 9.17) is 0 Å². The Bertz CT molecular complexity index is 463. The molecule has 0 aliphatic heterocycles. The van der Waals surface area contributed by atoms with Crippen molar-refractivity contribution in [3.63, 3.8) is 0 Å². The highest BCUT2D eigenvalue weighted by Crippen LogP contribution is 2.08. The summed E-state index contributed by atoms with van der Waals surface area (Å²) in [5.41, 5.74) is 5.76. The van der Waals surface area contributed by atoms with Crippen LogP contribution in [-0.4, -0.2) is 11.6 Å². The van der Waals surface area contributed by atoms with Crippen LogP contribution in [0, 0.1) is 6.92 Å². The molecule has 0 aliphatic rings. The predicted molar refractivity (Wildman–Crippen MR) is 94.1 cm³/mol. The van der Waals surface area contributed by atoms with E-state index in [1.807, 2.05) is 19.1 Å². The highest BCUT2D eigenvalue weighted by molar-refractivity contribution is 5.99. The van der Waals surface area contributed by atoms with E-state index < -0.39 is 0 Å². The number of unbranched alkanes of at least 4 members (excludes halogenated alkanes) is 6. The first kappa shape index (κ1) is 18.4. The smallest absolute Gasteiger partial charge is 0.240 e. The summed E-state index contributed by atoms with van der Waals surface area (Å²) in [5.74, 6) is 0.0139. The summed E-state index contributed by atoms with van der Waals surface area (Å²) >= 11 is 0. The number of hydrogen-bond donors (Lipinski definition) is 1. The van der Waals surface area contributed by atoms with Gasteiger partial charge in [-0.3, -0.25) is 4.79 Å². The third-order valence-corrected chi connectivity index (χ3v) is 3.83. The molecular formula is C19H30N2O. The number of benzene rings is 1. The number of amides is 1. The molecule has 0 fully saturated rings. The van der Waals surface area contributed by atoms with E-state index in [-0.39, 0.29) is 5.91 Å². The summed E-state index contributed by atoms with van der Waals surface area (Å²) in [6.45, 7) is 6.20. The van der Waals surface area contributed by atoms with Gasteiger partial charge in [-0.2, -0.15) is 5.10 Å². The van der Waals surface area contributed by atoms with Crippen molar-refractivity contribution in [3.8, 4) is 0 Å². The second-order valence-electron chi connectivity index (χ2n) is 5.97. The molecule has 1 N–H and O–H groups in total. The molecular weight excluding hydrogens is 272 g/mol. The Balaban J connectivity index is 2.19. The van der Waals surface area contributed by atoms with Crippen LogP contribution < -0.4 is 5.43 Å². The van der Waals surface area contributed by atoms with Crippen molar-refractivity contribution < 1.29 is 4.79 Å². The van der Waals surface area contributed by atoms with Gasteiger partial charge >= 0.3 is 0 Å². The molecule has 3 nitrogen and oxygen atoms in total. The fourth-order valence-corrected chi connectivity index (χ4v) is 2.30. The highest BCUT2D eigenvalue weighted by Gasteiger charge is 2.01. The maximum Gasteiger partial charge on any atom is 0.240 e. The minimum atomic E-state index is 0.0139. The Morgan fingerprint density at radius 1 is 1.00 bits per heavy atom. The normalized spacial score (nSPS) is 11.5. The predicted octanol–water partition coefficient (Wildman–Crippen LogP) is 4.98. The van der Waals surface area contributed by atoms with Gasteiger partial charge in [-0.15, -0.1) is 0 Å². The number of hydrogen-bond acceptors (Lipinski definition) is 2. The van der Waals surface area contributed by atoms with E-state index in [9.17, 15) is 4.79 Å². The van der Waals surface area contributed by atoms with Gasteiger partial charge in [0.15, 0.2) is 0 Å². The molecule has 0 unspecified atom stereocenters. The lowest BCUT2D eigenvalue weighted by atomic mass is 10.1. The van der Waals surface area contributed by atoms with Crippen LogP contribution >= 0.6 is 0 Å². The molecule has 22 heavy (non-hydrogen) atoms. The zero-order valence-electron chi connectivity index (χ0n) is 14.3. The summed E-state index contributed by atoms with van der Waals surface area (Å²) in [7, 11) is 0. The van der Waals surface area contributed by atoms with E-state index >= 15 is 0 Å². The first-order valence-corrected chi connectivity index (χ1v) is 8.53. The molecule has 0 saturated carbocycles. The molecule has 1 amide bonds. The van der Waals surface area contributed by atoms with Gasteiger partial charge in [0.25, 0.3) is 0 Å². The van der Waals surface area contributed by atoms with Gasteiger partial charge in [0.1, 0.15) is 0 Å². The van der Waals surface area contributed by atoms with Gasteiger partial charge in [0.05, 0.1) is 5.71 Å². The third kappa shape index (κ3) is 7.96. The molecule has 0 aromatic heterocycles. The molecule has 0 heterocycles. The number of carbonyl (C=O) groups is 1. The van der Waals surface area contributed by atoms with Crippen LogP contribution in [0.4, 0.5) is 0 Å². The SMILES string of the molecule is CCCCCCCCCC(=O)N/N=C(\C)c1ccc(C)cc1. The minimum Gasteiger partial charge on any atom is -0.273 e. The van der Waals surface area contributed by atoms with Crippen LogP contribution in [-0.2, 0) is 4.79 Å². The van der Waals surface area contributed by atoms with Crippen molar-refractivity contribution in [3.05, 3.63) is 35.4 Å². The van der Waals surface area contributed by atoms with Gasteiger partial charge in [0.2, 0.25) is 5.91 Å². The molecule has 1 rings (SSSR count). The fraction of sp³-hybridized carbons (Fsp3) is 0.579. The molecule has 0 bridgehead atoms. The van der Waals surface area contributed by atoms with Crippen LogP contribution in [0.1, 0.15) is 76.3 Å². The molecule has 122 valence electrons. The second-order valence-corrected chi connectivity index (χ2v) is 5.97. The average Bonchev–Trinajstić information content (AvgIpc) is 2.52. The van der Waals surface area contributed by atoms with Crippen LogP contribution in [0.3, 0.4) is 0 Å². The van der Waals surface area contributed by atoms with Crippen LogP contribution in [0.15, 0.2) is 29.4 Å². The lowest BCUT2D eigenvalue weighted by Crippen LogP contribution is -2.18. The van der Waals surface area contributed by atoms with E-state index in [2.05, 4.69) is 36.5 Å². The van der Waals surface area contributed by atoms with Gasteiger partial charge in [-0.1, -0.05) is 75.3 Å². The minimum absolute atomic E-state index is 0.0139. The topological polar surface area (TPSA) is 41.5 Å². The Morgan fingerprint density at radius 2 is 1.59 bits per heavy atom. The maximum absolute atomic E-state index is 11.7. The van der Waals surface area contributed by atoms with Crippen molar-refractivity contribution in [1.82, 2.24) is 5.43 Å². The van der Waals surface area contributed by atoms with E-state index in [0.717, 1.165) is 24.1 Å². The zero-order valence-corrected chi connectivity index (χ0v) is 14.3. The summed E-state index contributed by atoms with van der Waals surface area (Å²) in [6.07, 6.45) is 9.11. The van der Waals surface area contributed by atoms with Crippen molar-refractivity contribution in [2.45, 2.75) is 72.1 Å². The summed E-state index contributed by atoms with van der Waals surface area (Å²) in [4.78, 5) is 11.7. The van der Waals surface area contributed by atoms with Crippen molar-refractivity contribution >= 4 is 11.6 Å². The molecule has 0 aliphatic carbocycles. The Hall–Kier alpha value is -1.64. The monoisotopic (exact) mass is 302 g/mol. The molecule has 1 aromatic carbocycles.